The highest BCUT2D eigenvalue weighted by molar-refractivity contribution is 5.70. The van der Waals surface area contributed by atoms with Gasteiger partial charge in [-0.25, -0.2) is 4.98 Å². The number of rotatable bonds is 4. The molecule has 24 heavy (non-hydrogen) atoms. The van der Waals surface area contributed by atoms with Crippen molar-refractivity contribution in [1.29, 1.82) is 0 Å². The number of fused-ring (bicyclic) bond motifs is 3. The van der Waals surface area contributed by atoms with E-state index in [0.717, 1.165) is 18.5 Å². The molecule has 0 spiro atoms. The third-order valence-corrected chi connectivity index (χ3v) is 5.73. The van der Waals surface area contributed by atoms with E-state index < -0.39 is 12.1 Å². The van der Waals surface area contributed by atoms with Gasteiger partial charge in [-0.2, -0.15) is 0 Å². The lowest BCUT2D eigenvalue weighted by atomic mass is 9.78. The molecule has 2 heterocycles. The van der Waals surface area contributed by atoms with Crippen molar-refractivity contribution >= 4 is 5.97 Å². The number of carboxylic acids is 1. The molecule has 2 N–H and O–H groups in total. The molecule has 1 unspecified atom stereocenters. The number of aliphatic hydroxyl groups is 1. The van der Waals surface area contributed by atoms with Gasteiger partial charge in [0.15, 0.2) is 0 Å². The number of imidazole rings is 1. The topological polar surface area (TPSA) is 75.3 Å². The predicted octanol–water partition coefficient (Wildman–Crippen LogP) is 3.09. The van der Waals surface area contributed by atoms with E-state index in [1.165, 1.54) is 11.1 Å². The first-order valence-electron chi connectivity index (χ1n) is 8.67. The Labute approximate surface area is 141 Å². The number of hydrogen-bond donors (Lipinski definition) is 2. The van der Waals surface area contributed by atoms with Gasteiger partial charge in [0.2, 0.25) is 0 Å². The molecule has 4 rings (SSSR count). The van der Waals surface area contributed by atoms with E-state index in [4.69, 9.17) is 5.11 Å². The number of carboxylic acid groups (broad SMARTS) is 1. The van der Waals surface area contributed by atoms with Crippen molar-refractivity contribution in [2.24, 2.45) is 11.8 Å². The van der Waals surface area contributed by atoms with Gasteiger partial charge in [-0.15, -0.1) is 0 Å². The second-order valence-electron chi connectivity index (χ2n) is 7.04. The molecule has 0 radical (unpaired) electrons. The van der Waals surface area contributed by atoms with E-state index in [0.29, 0.717) is 19.3 Å². The summed E-state index contributed by atoms with van der Waals surface area (Å²) in [6.45, 7) is 0. The van der Waals surface area contributed by atoms with Crippen molar-refractivity contribution in [3.63, 3.8) is 0 Å². The van der Waals surface area contributed by atoms with Crippen LogP contribution < -0.4 is 0 Å². The molecule has 1 aliphatic heterocycles. The molecule has 0 saturated heterocycles. The van der Waals surface area contributed by atoms with Crippen molar-refractivity contribution in [3.8, 4) is 11.3 Å². The van der Waals surface area contributed by atoms with Crippen LogP contribution in [0.3, 0.4) is 0 Å². The fourth-order valence-corrected chi connectivity index (χ4v) is 4.34. The second kappa shape index (κ2) is 6.06. The Morgan fingerprint density at radius 1 is 1.25 bits per heavy atom. The largest absolute Gasteiger partial charge is 0.481 e. The van der Waals surface area contributed by atoms with Crippen LogP contribution in [-0.4, -0.2) is 31.8 Å². The number of aliphatic hydroxyl groups excluding tert-OH is 1. The molecule has 0 bridgehead atoms. The summed E-state index contributed by atoms with van der Waals surface area (Å²) in [6.07, 6.45) is 6.90. The highest BCUT2D eigenvalue weighted by atomic mass is 16.4. The number of benzene rings is 1. The van der Waals surface area contributed by atoms with Crippen LogP contribution in [0.15, 0.2) is 36.8 Å². The lowest BCUT2D eigenvalue weighted by Gasteiger charge is -2.31. The minimum atomic E-state index is -0.698. The maximum Gasteiger partial charge on any atom is 0.306 e. The average molecular weight is 326 g/mol. The van der Waals surface area contributed by atoms with Gasteiger partial charge in [-0.1, -0.05) is 24.3 Å². The lowest BCUT2D eigenvalue weighted by Crippen LogP contribution is -2.30. The second-order valence-corrected chi connectivity index (χ2v) is 7.04. The monoisotopic (exact) mass is 326 g/mol. The maximum atomic E-state index is 11.1. The Morgan fingerprint density at radius 2 is 2.00 bits per heavy atom. The number of aliphatic carboxylic acids is 1. The first kappa shape index (κ1) is 15.4. The molecular formula is C19H22N2O3. The highest BCUT2D eigenvalue weighted by Crippen LogP contribution is 2.43. The van der Waals surface area contributed by atoms with Crippen LogP contribution in [-0.2, 0) is 4.79 Å². The van der Waals surface area contributed by atoms with E-state index in [1.807, 2.05) is 24.7 Å². The number of hydrogen-bond acceptors (Lipinski definition) is 3. The van der Waals surface area contributed by atoms with Crippen molar-refractivity contribution in [3.05, 3.63) is 42.4 Å². The van der Waals surface area contributed by atoms with Gasteiger partial charge in [0.1, 0.15) is 0 Å². The average Bonchev–Trinajstić information content (AvgIpc) is 3.18. The first-order valence-corrected chi connectivity index (χ1v) is 8.67. The third-order valence-electron chi connectivity index (χ3n) is 5.73. The van der Waals surface area contributed by atoms with E-state index in [1.54, 1.807) is 0 Å². The first-order chi connectivity index (χ1) is 11.6. The smallest absolute Gasteiger partial charge is 0.306 e. The highest BCUT2D eigenvalue weighted by Gasteiger charge is 2.34. The molecular weight excluding hydrogens is 304 g/mol. The fourth-order valence-electron chi connectivity index (χ4n) is 4.34. The molecule has 126 valence electrons. The van der Waals surface area contributed by atoms with E-state index >= 15 is 0 Å². The maximum absolute atomic E-state index is 11.1. The Balaban J connectivity index is 1.49. The van der Waals surface area contributed by atoms with Crippen molar-refractivity contribution < 1.29 is 15.0 Å². The van der Waals surface area contributed by atoms with Crippen LogP contribution in [0.4, 0.5) is 0 Å². The van der Waals surface area contributed by atoms with Crippen molar-refractivity contribution in [2.75, 3.05) is 0 Å². The van der Waals surface area contributed by atoms with Crippen LogP contribution in [0, 0.1) is 11.8 Å². The van der Waals surface area contributed by atoms with Gasteiger partial charge in [-0.3, -0.25) is 4.79 Å². The van der Waals surface area contributed by atoms with Crippen LogP contribution in [0.1, 0.15) is 43.7 Å². The molecule has 0 amide bonds. The summed E-state index contributed by atoms with van der Waals surface area (Å²) in [5, 5.41) is 19.9. The van der Waals surface area contributed by atoms with Crippen molar-refractivity contribution in [1.82, 2.24) is 9.55 Å². The summed E-state index contributed by atoms with van der Waals surface area (Å²) in [7, 11) is 0. The minimum Gasteiger partial charge on any atom is -0.481 e. The van der Waals surface area contributed by atoms with Crippen LogP contribution >= 0.6 is 0 Å². The number of aromatic nitrogens is 2. The molecule has 1 aromatic carbocycles. The van der Waals surface area contributed by atoms with Gasteiger partial charge in [-0.05, 0) is 43.6 Å². The zero-order chi connectivity index (χ0) is 16.7. The third kappa shape index (κ3) is 2.53. The van der Waals surface area contributed by atoms with Gasteiger partial charge in [0, 0.05) is 5.56 Å². The minimum absolute atomic E-state index is 0.117. The van der Waals surface area contributed by atoms with E-state index in [9.17, 15) is 9.90 Å². The number of nitrogens with zero attached hydrogens (tertiary/aromatic N) is 2. The quantitative estimate of drug-likeness (QED) is 0.905. The van der Waals surface area contributed by atoms with E-state index in [2.05, 4.69) is 21.7 Å². The molecule has 2 atom stereocenters. The molecule has 1 aliphatic carbocycles. The van der Waals surface area contributed by atoms with Crippen LogP contribution in [0.5, 0.6) is 0 Å². The fraction of sp³-hybridized carbons (Fsp3) is 0.474. The Kier molecular flexibility index (Phi) is 3.88. The Bertz CT molecular complexity index is 747. The molecule has 2 aliphatic rings. The summed E-state index contributed by atoms with van der Waals surface area (Å²) in [6, 6.07) is 8.41. The molecule has 1 saturated carbocycles. The van der Waals surface area contributed by atoms with Crippen LogP contribution in [0.2, 0.25) is 0 Å². The van der Waals surface area contributed by atoms with Gasteiger partial charge < -0.3 is 14.8 Å². The summed E-state index contributed by atoms with van der Waals surface area (Å²) in [4.78, 5) is 15.3. The summed E-state index contributed by atoms with van der Waals surface area (Å²) in [5.74, 6) is -0.739. The molecule has 5 heteroatoms. The van der Waals surface area contributed by atoms with Gasteiger partial charge in [0.05, 0.1) is 36.3 Å². The summed E-state index contributed by atoms with van der Waals surface area (Å²) in [5.41, 5.74) is 3.55. The zero-order valence-corrected chi connectivity index (χ0v) is 13.5. The molecule has 5 nitrogen and oxygen atoms in total. The lowest BCUT2D eigenvalue weighted by molar-refractivity contribution is -0.143. The molecule has 1 fully saturated rings. The SMILES string of the molecule is O=C(O)C1CCC([C@H](O)CC2c3ccccc3-c3cncn32)CC1. The van der Waals surface area contributed by atoms with E-state index in [-0.39, 0.29) is 17.9 Å². The normalized spacial score (nSPS) is 26.6. The number of carbonyl (C=O) groups is 1. The Morgan fingerprint density at radius 3 is 2.75 bits per heavy atom. The van der Waals surface area contributed by atoms with Gasteiger partial charge in [0.25, 0.3) is 0 Å². The molecule has 1 aromatic heterocycles. The van der Waals surface area contributed by atoms with Crippen LogP contribution in [0.25, 0.3) is 11.3 Å². The van der Waals surface area contributed by atoms with Crippen molar-refractivity contribution in [2.45, 2.75) is 44.2 Å². The molecule has 2 aromatic rings. The zero-order valence-electron chi connectivity index (χ0n) is 13.5. The summed E-state index contributed by atoms with van der Waals surface area (Å²) < 4.78 is 2.15. The standard InChI is InChI=1S/C19H22N2O3/c22-18(12-5-7-13(8-6-12)19(23)24)9-16-14-3-1-2-4-15(14)17-10-20-11-21(16)17/h1-4,10-13,16,18,22H,5-9H2,(H,23,24)/t12?,13?,16?,18-/m1/s1. The van der Waals surface area contributed by atoms with Gasteiger partial charge >= 0.3 is 5.97 Å². The predicted molar refractivity (Wildman–Crippen MR) is 89.5 cm³/mol. The summed E-state index contributed by atoms with van der Waals surface area (Å²) >= 11 is 0. The Hall–Kier alpha value is -2.14.